The first-order valence-electron chi connectivity index (χ1n) is 6.23. The third kappa shape index (κ3) is 3.14. The molecule has 0 atom stereocenters. The van der Waals surface area contributed by atoms with Crippen LogP contribution >= 0.6 is 0 Å². The predicted octanol–water partition coefficient (Wildman–Crippen LogP) is 2.54. The maximum atomic E-state index is 12.9. The highest BCUT2D eigenvalue weighted by atomic mass is 19.1. The van der Waals surface area contributed by atoms with Gasteiger partial charge in [0, 0.05) is 17.9 Å². The van der Waals surface area contributed by atoms with Gasteiger partial charge in [-0.2, -0.15) is 5.10 Å². The van der Waals surface area contributed by atoms with Crippen molar-refractivity contribution in [2.75, 3.05) is 5.73 Å². The summed E-state index contributed by atoms with van der Waals surface area (Å²) in [5, 5.41) is 4.26. The van der Waals surface area contributed by atoms with Crippen LogP contribution in [-0.4, -0.2) is 15.7 Å². The van der Waals surface area contributed by atoms with Gasteiger partial charge in [-0.1, -0.05) is 0 Å². The molecule has 2 rings (SSSR count). The quantitative estimate of drug-likeness (QED) is 0.688. The first-order chi connectivity index (χ1) is 9.47. The van der Waals surface area contributed by atoms with Gasteiger partial charge in [-0.3, -0.25) is 4.68 Å². The highest BCUT2D eigenvalue weighted by molar-refractivity contribution is 5.94. The molecule has 0 spiro atoms. The molecule has 1 aromatic carbocycles. The van der Waals surface area contributed by atoms with Crippen molar-refractivity contribution in [1.29, 1.82) is 0 Å². The van der Waals surface area contributed by atoms with Gasteiger partial charge in [0.1, 0.15) is 12.4 Å². The van der Waals surface area contributed by atoms with E-state index in [-0.39, 0.29) is 23.9 Å². The fourth-order valence-electron chi connectivity index (χ4n) is 1.68. The minimum absolute atomic E-state index is 0.0510. The molecule has 2 aromatic rings. The van der Waals surface area contributed by atoms with Crippen molar-refractivity contribution in [3.8, 4) is 0 Å². The van der Waals surface area contributed by atoms with Crippen molar-refractivity contribution in [2.45, 2.75) is 26.5 Å². The second kappa shape index (κ2) is 5.73. The standard InChI is InChI=1S/C14H16FN3O2/c1-9(2)18-6-5-11(17-18)8-20-14(19)12-4-3-10(15)7-13(12)16/h3-7,9H,8,16H2,1-2H3. The number of nitrogens with zero attached hydrogens (tertiary/aromatic N) is 2. The van der Waals surface area contributed by atoms with Crippen molar-refractivity contribution < 1.29 is 13.9 Å². The molecular weight excluding hydrogens is 261 g/mol. The van der Waals surface area contributed by atoms with E-state index >= 15 is 0 Å². The summed E-state index contributed by atoms with van der Waals surface area (Å²) in [7, 11) is 0. The molecule has 0 saturated heterocycles. The van der Waals surface area contributed by atoms with E-state index in [9.17, 15) is 9.18 Å². The summed E-state index contributed by atoms with van der Waals surface area (Å²) in [6.07, 6.45) is 1.82. The van der Waals surface area contributed by atoms with Gasteiger partial charge in [-0.15, -0.1) is 0 Å². The van der Waals surface area contributed by atoms with Gasteiger partial charge in [0.15, 0.2) is 0 Å². The number of aromatic nitrogens is 2. The Balaban J connectivity index is 2.01. The smallest absolute Gasteiger partial charge is 0.340 e. The van der Waals surface area contributed by atoms with Crippen LogP contribution in [0.5, 0.6) is 0 Å². The van der Waals surface area contributed by atoms with Crippen LogP contribution in [0.3, 0.4) is 0 Å². The Bertz CT molecular complexity index is 623. The highest BCUT2D eigenvalue weighted by Crippen LogP contribution is 2.15. The monoisotopic (exact) mass is 277 g/mol. The number of nitrogen functional groups attached to an aromatic ring is 1. The first kappa shape index (κ1) is 14.0. The summed E-state index contributed by atoms with van der Waals surface area (Å²) in [6.45, 7) is 4.05. The van der Waals surface area contributed by atoms with Crippen molar-refractivity contribution in [3.05, 3.63) is 47.5 Å². The van der Waals surface area contributed by atoms with Crippen LogP contribution < -0.4 is 5.73 Å². The summed E-state index contributed by atoms with van der Waals surface area (Å²) in [5.74, 6) is -1.09. The van der Waals surface area contributed by atoms with Crippen molar-refractivity contribution in [1.82, 2.24) is 9.78 Å². The van der Waals surface area contributed by atoms with E-state index in [0.717, 1.165) is 6.07 Å². The number of hydrogen-bond donors (Lipinski definition) is 1. The summed E-state index contributed by atoms with van der Waals surface area (Å²) < 4.78 is 19.8. The average molecular weight is 277 g/mol. The lowest BCUT2D eigenvalue weighted by atomic mass is 10.2. The minimum Gasteiger partial charge on any atom is -0.455 e. The molecular formula is C14H16FN3O2. The Kier molecular flexibility index (Phi) is 4.02. The molecule has 106 valence electrons. The number of benzene rings is 1. The maximum Gasteiger partial charge on any atom is 0.340 e. The Morgan fingerprint density at radius 1 is 1.45 bits per heavy atom. The normalized spacial score (nSPS) is 10.8. The number of esters is 1. The number of nitrogens with two attached hydrogens (primary N) is 1. The van der Waals surface area contributed by atoms with Crippen molar-refractivity contribution in [2.24, 2.45) is 0 Å². The molecule has 0 bridgehead atoms. The van der Waals surface area contributed by atoms with E-state index in [4.69, 9.17) is 10.5 Å². The van der Waals surface area contributed by atoms with Crippen LogP contribution in [0.2, 0.25) is 0 Å². The summed E-state index contributed by atoms with van der Waals surface area (Å²) in [4.78, 5) is 11.8. The first-order valence-corrected chi connectivity index (χ1v) is 6.23. The van der Waals surface area contributed by atoms with E-state index in [1.807, 2.05) is 20.0 Å². The molecule has 0 aliphatic carbocycles. The number of carbonyl (C=O) groups excluding carboxylic acids is 1. The van der Waals surface area contributed by atoms with E-state index in [1.54, 1.807) is 10.7 Å². The molecule has 1 heterocycles. The Labute approximate surface area is 116 Å². The number of halogens is 1. The zero-order valence-electron chi connectivity index (χ0n) is 11.3. The Morgan fingerprint density at radius 3 is 2.80 bits per heavy atom. The third-order valence-corrected chi connectivity index (χ3v) is 2.78. The fraction of sp³-hybridized carbons (Fsp3) is 0.286. The SMILES string of the molecule is CC(C)n1ccc(COC(=O)c2ccc(F)cc2N)n1. The molecule has 5 nitrogen and oxygen atoms in total. The molecule has 0 aliphatic rings. The van der Waals surface area contributed by atoms with Gasteiger partial charge in [0.25, 0.3) is 0 Å². The van der Waals surface area contributed by atoms with Crippen molar-refractivity contribution in [3.63, 3.8) is 0 Å². The van der Waals surface area contributed by atoms with Gasteiger partial charge >= 0.3 is 5.97 Å². The zero-order valence-corrected chi connectivity index (χ0v) is 11.3. The molecule has 20 heavy (non-hydrogen) atoms. The largest absolute Gasteiger partial charge is 0.455 e. The molecule has 1 aromatic heterocycles. The van der Waals surface area contributed by atoms with Crippen LogP contribution in [0, 0.1) is 5.82 Å². The van der Waals surface area contributed by atoms with Crippen LogP contribution in [0.15, 0.2) is 30.5 Å². The highest BCUT2D eigenvalue weighted by Gasteiger charge is 2.13. The molecule has 0 aliphatic heterocycles. The fourth-order valence-corrected chi connectivity index (χ4v) is 1.68. The topological polar surface area (TPSA) is 70.1 Å². The van der Waals surface area contributed by atoms with Crippen LogP contribution in [0.1, 0.15) is 35.9 Å². The zero-order chi connectivity index (χ0) is 14.7. The lowest BCUT2D eigenvalue weighted by Crippen LogP contribution is -2.09. The maximum absolute atomic E-state index is 12.9. The molecule has 0 unspecified atom stereocenters. The molecule has 0 fully saturated rings. The number of rotatable bonds is 4. The Morgan fingerprint density at radius 2 is 2.20 bits per heavy atom. The van der Waals surface area contributed by atoms with Crippen LogP contribution in [-0.2, 0) is 11.3 Å². The molecule has 2 N–H and O–H groups in total. The summed E-state index contributed by atoms with van der Waals surface area (Å²) in [6, 6.07) is 5.58. The second-order valence-corrected chi connectivity index (χ2v) is 4.69. The molecule has 0 amide bonds. The lowest BCUT2D eigenvalue weighted by molar-refractivity contribution is 0.0468. The van der Waals surface area contributed by atoms with Gasteiger partial charge in [-0.25, -0.2) is 9.18 Å². The van der Waals surface area contributed by atoms with E-state index in [0.29, 0.717) is 5.69 Å². The number of carbonyl (C=O) groups is 1. The predicted molar refractivity (Wildman–Crippen MR) is 72.5 cm³/mol. The van der Waals surface area contributed by atoms with E-state index in [1.165, 1.54) is 12.1 Å². The summed E-state index contributed by atoms with van der Waals surface area (Å²) in [5.41, 5.74) is 6.43. The van der Waals surface area contributed by atoms with E-state index < -0.39 is 11.8 Å². The van der Waals surface area contributed by atoms with Crippen LogP contribution in [0.25, 0.3) is 0 Å². The second-order valence-electron chi connectivity index (χ2n) is 4.69. The number of anilines is 1. The van der Waals surface area contributed by atoms with Gasteiger partial charge in [-0.05, 0) is 38.1 Å². The summed E-state index contributed by atoms with van der Waals surface area (Å²) >= 11 is 0. The Hall–Kier alpha value is -2.37. The van der Waals surface area contributed by atoms with E-state index in [2.05, 4.69) is 5.10 Å². The third-order valence-electron chi connectivity index (χ3n) is 2.78. The number of ether oxygens (including phenoxy) is 1. The molecule has 0 saturated carbocycles. The van der Waals surface area contributed by atoms with Crippen molar-refractivity contribution >= 4 is 11.7 Å². The van der Waals surface area contributed by atoms with Crippen LogP contribution in [0.4, 0.5) is 10.1 Å². The van der Waals surface area contributed by atoms with Gasteiger partial charge in [0.2, 0.25) is 0 Å². The average Bonchev–Trinajstić information content (AvgIpc) is 2.85. The number of hydrogen-bond acceptors (Lipinski definition) is 4. The van der Waals surface area contributed by atoms with Gasteiger partial charge in [0.05, 0.1) is 11.3 Å². The lowest BCUT2D eigenvalue weighted by Gasteiger charge is -2.06. The molecule has 6 heteroatoms. The van der Waals surface area contributed by atoms with Gasteiger partial charge < -0.3 is 10.5 Å². The molecule has 0 radical (unpaired) electrons. The minimum atomic E-state index is -0.596.